The Morgan fingerprint density at radius 1 is 0.958 bits per heavy atom. The summed E-state index contributed by atoms with van der Waals surface area (Å²) in [6.07, 6.45) is 0.288. The molecule has 24 heavy (non-hydrogen) atoms. The van der Waals surface area contributed by atoms with Gasteiger partial charge in [0, 0.05) is 23.9 Å². The van der Waals surface area contributed by atoms with E-state index in [1.165, 1.54) is 0 Å². The molecule has 0 heterocycles. The Kier molecular flexibility index (Phi) is 5.89. The van der Waals surface area contributed by atoms with Crippen LogP contribution >= 0.6 is 0 Å². The average molecular weight is 330 g/mol. The summed E-state index contributed by atoms with van der Waals surface area (Å²) < 4.78 is 15.9. The van der Waals surface area contributed by atoms with Gasteiger partial charge in [-0.25, -0.2) is 0 Å². The van der Waals surface area contributed by atoms with Crippen molar-refractivity contribution in [3.8, 4) is 17.2 Å². The van der Waals surface area contributed by atoms with Gasteiger partial charge >= 0.3 is 0 Å². The van der Waals surface area contributed by atoms with Crippen LogP contribution in [-0.2, 0) is 17.8 Å². The lowest BCUT2D eigenvalue weighted by Gasteiger charge is -2.14. The molecule has 0 fully saturated rings. The maximum atomic E-state index is 12.1. The van der Waals surface area contributed by atoms with Gasteiger partial charge in [0.15, 0.2) is 11.5 Å². The second-order valence-electron chi connectivity index (χ2n) is 5.21. The van der Waals surface area contributed by atoms with Crippen molar-refractivity contribution in [1.29, 1.82) is 0 Å². The third-order valence-corrected chi connectivity index (χ3v) is 3.61. The van der Waals surface area contributed by atoms with Crippen LogP contribution in [0.25, 0.3) is 0 Å². The Bertz CT molecular complexity index is 699. The number of hydrogen-bond donors (Lipinski definition) is 2. The van der Waals surface area contributed by atoms with Gasteiger partial charge in [0.2, 0.25) is 5.91 Å². The lowest BCUT2D eigenvalue weighted by Crippen LogP contribution is -2.24. The molecule has 0 aromatic heterocycles. The van der Waals surface area contributed by atoms with Crippen molar-refractivity contribution in [2.45, 2.75) is 13.0 Å². The number of rotatable bonds is 7. The second-order valence-corrected chi connectivity index (χ2v) is 5.21. The van der Waals surface area contributed by atoms with Gasteiger partial charge in [-0.2, -0.15) is 0 Å². The maximum Gasteiger partial charge on any atom is 0.224 e. The van der Waals surface area contributed by atoms with E-state index in [1.54, 1.807) is 45.6 Å². The molecule has 0 aliphatic carbocycles. The van der Waals surface area contributed by atoms with Crippen LogP contribution in [0.1, 0.15) is 11.1 Å². The number of nitrogen functional groups attached to an aromatic ring is 1. The smallest absolute Gasteiger partial charge is 0.224 e. The van der Waals surface area contributed by atoms with Crippen molar-refractivity contribution in [2.24, 2.45) is 0 Å². The van der Waals surface area contributed by atoms with Gasteiger partial charge < -0.3 is 25.3 Å². The molecule has 1 amide bonds. The summed E-state index contributed by atoms with van der Waals surface area (Å²) in [5.74, 6) is 1.70. The molecule has 0 atom stereocenters. The predicted octanol–water partition coefficient (Wildman–Crippen LogP) is 2.15. The number of amides is 1. The summed E-state index contributed by atoms with van der Waals surface area (Å²) in [5, 5.41) is 2.88. The van der Waals surface area contributed by atoms with Crippen molar-refractivity contribution >= 4 is 11.6 Å². The first-order chi connectivity index (χ1) is 11.6. The second kappa shape index (κ2) is 8.10. The van der Waals surface area contributed by atoms with E-state index in [0.29, 0.717) is 29.5 Å². The summed E-state index contributed by atoms with van der Waals surface area (Å²) in [7, 11) is 4.69. The van der Waals surface area contributed by atoms with E-state index >= 15 is 0 Å². The summed E-state index contributed by atoms with van der Waals surface area (Å²) in [4.78, 5) is 12.1. The SMILES string of the molecule is COc1cc(OC)c(OC)cc1CNC(=O)Cc1ccc(N)cc1. The minimum Gasteiger partial charge on any atom is -0.496 e. The number of anilines is 1. The fraction of sp³-hybridized carbons (Fsp3) is 0.278. The molecule has 0 saturated heterocycles. The zero-order valence-electron chi connectivity index (χ0n) is 14.1. The third kappa shape index (κ3) is 4.32. The van der Waals surface area contributed by atoms with Crippen LogP contribution in [0.5, 0.6) is 17.2 Å². The standard InChI is InChI=1S/C18H22N2O4/c1-22-15-10-17(24-3)16(23-2)9-13(15)11-20-18(21)8-12-4-6-14(19)7-5-12/h4-7,9-10H,8,11,19H2,1-3H3,(H,20,21). The number of hydrogen-bond acceptors (Lipinski definition) is 5. The molecule has 0 radical (unpaired) electrons. The molecule has 2 aromatic carbocycles. The monoisotopic (exact) mass is 330 g/mol. The highest BCUT2D eigenvalue weighted by atomic mass is 16.5. The topological polar surface area (TPSA) is 82.8 Å². The number of carbonyl (C=O) groups excluding carboxylic acids is 1. The summed E-state index contributed by atoms with van der Waals surface area (Å²) in [5.41, 5.74) is 8.02. The first-order valence-corrected chi connectivity index (χ1v) is 7.47. The van der Waals surface area contributed by atoms with Crippen molar-refractivity contribution in [1.82, 2.24) is 5.32 Å². The van der Waals surface area contributed by atoms with Crippen molar-refractivity contribution in [3.05, 3.63) is 47.5 Å². The molecular weight excluding hydrogens is 308 g/mol. The maximum absolute atomic E-state index is 12.1. The highest BCUT2D eigenvalue weighted by molar-refractivity contribution is 5.78. The molecule has 0 aliphatic heterocycles. The highest BCUT2D eigenvalue weighted by Gasteiger charge is 2.13. The van der Waals surface area contributed by atoms with Crippen LogP contribution in [0.15, 0.2) is 36.4 Å². The zero-order valence-corrected chi connectivity index (χ0v) is 14.1. The molecule has 0 bridgehead atoms. The van der Waals surface area contributed by atoms with Gasteiger partial charge in [0.25, 0.3) is 0 Å². The lowest BCUT2D eigenvalue weighted by atomic mass is 10.1. The third-order valence-electron chi connectivity index (χ3n) is 3.61. The van der Waals surface area contributed by atoms with E-state index in [4.69, 9.17) is 19.9 Å². The van der Waals surface area contributed by atoms with Crippen LogP contribution in [0, 0.1) is 0 Å². The van der Waals surface area contributed by atoms with E-state index in [2.05, 4.69) is 5.32 Å². The van der Waals surface area contributed by atoms with Crippen LogP contribution in [-0.4, -0.2) is 27.2 Å². The fourth-order valence-electron chi connectivity index (χ4n) is 2.31. The first-order valence-electron chi connectivity index (χ1n) is 7.47. The number of nitrogens with one attached hydrogen (secondary N) is 1. The molecule has 0 spiro atoms. The lowest BCUT2D eigenvalue weighted by molar-refractivity contribution is -0.120. The number of carbonyl (C=O) groups is 1. The molecule has 3 N–H and O–H groups in total. The summed E-state index contributed by atoms with van der Waals surface area (Å²) in [6.45, 7) is 0.331. The molecule has 0 saturated carbocycles. The van der Waals surface area contributed by atoms with E-state index in [-0.39, 0.29) is 12.3 Å². The first kappa shape index (κ1) is 17.5. The Morgan fingerprint density at radius 2 is 1.54 bits per heavy atom. The molecule has 2 rings (SSSR count). The molecule has 6 nitrogen and oxygen atoms in total. The minimum atomic E-state index is -0.0865. The van der Waals surface area contributed by atoms with Crippen molar-refractivity contribution < 1.29 is 19.0 Å². The highest BCUT2D eigenvalue weighted by Crippen LogP contribution is 2.34. The molecule has 0 aliphatic rings. The Hall–Kier alpha value is -2.89. The quantitative estimate of drug-likeness (QED) is 0.760. The molecule has 6 heteroatoms. The average Bonchev–Trinajstić information content (AvgIpc) is 2.61. The van der Waals surface area contributed by atoms with Crippen LogP contribution in [0.4, 0.5) is 5.69 Å². The summed E-state index contributed by atoms with van der Waals surface area (Å²) in [6, 6.07) is 10.8. The Labute approximate surface area is 141 Å². The predicted molar refractivity (Wildman–Crippen MR) is 92.5 cm³/mol. The largest absolute Gasteiger partial charge is 0.496 e. The molecule has 0 unspecified atom stereocenters. The van der Waals surface area contributed by atoms with Gasteiger partial charge in [0.1, 0.15) is 5.75 Å². The van der Waals surface area contributed by atoms with Crippen LogP contribution < -0.4 is 25.3 Å². The normalized spacial score (nSPS) is 10.1. The number of nitrogens with two attached hydrogens (primary N) is 1. The van der Waals surface area contributed by atoms with Gasteiger partial charge in [0.05, 0.1) is 27.8 Å². The van der Waals surface area contributed by atoms with E-state index in [0.717, 1.165) is 11.1 Å². The molecular formula is C18H22N2O4. The number of ether oxygens (including phenoxy) is 3. The molecule has 2 aromatic rings. The minimum absolute atomic E-state index is 0.0865. The van der Waals surface area contributed by atoms with Gasteiger partial charge in [-0.05, 0) is 23.8 Å². The molecule has 128 valence electrons. The van der Waals surface area contributed by atoms with Crippen LogP contribution in [0.3, 0.4) is 0 Å². The van der Waals surface area contributed by atoms with Crippen LogP contribution in [0.2, 0.25) is 0 Å². The van der Waals surface area contributed by atoms with E-state index < -0.39 is 0 Å². The van der Waals surface area contributed by atoms with Gasteiger partial charge in [-0.1, -0.05) is 12.1 Å². The number of benzene rings is 2. The Morgan fingerprint density at radius 3 is 2.12 bits per heavy atom. The van der Waals surface area contributed by atoms with E-state index in [1.807, 2.05) is 12.1 Å². The van der Waals surface area contributed by atoms with Gasteiger partial charge in [-0.15, -0.1) is 0 Å². The van der Waals surface area contributed by atoms with Crippen molar-refractivity contribution in [3.63, 3.8) is 0 Å². The fourth-order valence-corrected chi connectivity index (χ4v) is 2.31. The Balaban J connectivity index is 2.04. The zero-order chi connectivity index (χ0) is 17.5. The van der Waals surface area contributed by atoms with Crippen molar-refractivity contribution in [2.75, 3.05) is 27.1 Å². The summed E-state index contributed by atoms with van der Waals surface area (Å²) >= 11 is 0. The van der Waals surface area contributed by atoms with Gasteiger partial charge in [-0.3, -0.25) is 4.79 Å². The number of methoxy groups -OCH3 is 3. The van der Waals surface area contributed by atoms with E-state index in [9.17, 15) is 4.79 Å².